The first-order valence-electron chi connectivity index (χ1n) is 4.48. The van der Waals surface area contributed by atoms with E-state index in [0.717, 1.165) is 0 Å². The van der Waals surface area contributed by atoms with E-state index >= 15 is 0 Å². The number of hydrogen-bond donors (Lipinski definition) is 2. The van der Waals surface area contributed by atoms with Gasteiger partial charge in [-0.1, -0.05) is 13.0 Å². The molecule has 1 aromatic rings. The molecule has 0 saturated heterocycles. The van der Waals surface area contributed by atoms with Crippen LogP contribution in [0.1, 0.15) is 13.3 Å². The Kier molecular flexibility index (Phi) is 3.68. The Morgan fingerprint density at radius 1 is 1.60 bits per heavy atom. The molecule has 1 aromatic carbocycles. The van der Waals surface area contributed by atoms with E-state index in [1.807, 2.05) is 0 Å². The van der Waals surface area contributed by atoms with E-state index in [1.165, 1.54) is 0 Å². The lowest BCUT2D eigenvalue weighted by Crippen LogP contribution is -2.09. The fraction of sp³-hybridized carbons (Fsp3) is 0.200. The number of anilines is 2. The van der Waals surface area contributed by atoms with Gasteiger partial charge in [-0.2, -0.15) is 0 Å². The van der Waals surface area contributed by atoms with Crippen LogP contribution in [0.2, 0.25) is 0 Å². The summed E-state index contributed by atoms with van der Waals surface area (Å²) in [5, 5.41) is 2.41. The van der Waals surface area contributed by atoms with E-state index in [-0.39, 0.29) is 12.2 Å². The number of nitrogens with one attached hydrogen (secondary N) is 1. The van der Waals surface area contributed by atoms with Gasteiger partial charge in [0.1, 0.15) is 0 Å². The maximum atomic E-state index is 11.1. The van der Waals surface area contributed by atoms with Gasteiger partial charge in [0.05, 0.1) is 11.4 Å². The van der Waals surface area contributed by atoms with Crippen LogP contribution in [0.15, 0.2) is 18.2 Å². The summed E-state index contributed by atoms with van der Waals surface area (Å²) in [6, 6.07) is 4.85. The molecule has 0 atom stereocenters. The first kappa shape index (κ1) is 11.0. The Labute approximate surface area is 87.2 Å². The van der Waals surface area contributed by atoms with Crippen molar-refractivity contribution in [3.63, 3.8) is 0 Å². The summed E-state index contributed by atoms with van der Waals surface area (Å²) >= 11 is 0. The van der Waals surface area contributed by atoms with E-state index in [0.29, 0.717) is 17.8 Å². The molecule has 0 aliphatic carbocycles. The topological polar surface area (TPSA) is 81.4 Å². The van der Waals surface area contributed by atoms with Crippen molar-refractivity contribution >= 4 is 23.8 Å². The molecular formula is C10H12N2O3. The molecule has 1 amide bonds. The van der Waals surface area contributed by atoms with E-state index in [2.05, 4.69) is 5.32 Å². The van der Waals surface area contributed by atoms with Gasteiger partial charge in [-0.25, -0.2) is 0 Å². The lowest BCUT2D eigenvalue weighted by molar-refractivity contribution is -0.133. The van der Waals surface area contributed by atoms with Crippen LogP contribution < -0.4 is 15.8 Å². The van der Waals surface area contributed by atoms with Crippen LogP contribution in [0.3, 0.4) is 0 Å². The number of rotatable bonds is 4. The lowest BCUT2D eigenvalue weighted by Gasteiger charge is -2.10. The molecule has 0 bridgehead atoms. The summed E-state index contributed by atoms with van der Waals surface area (Å²) in [7, 11) is 0. The maximum absolute atomic E-state index is 11.1. The summed E-state index contributed by atoms with van der Waals surface area (Å²) in [5.74, 6) is -0.210. The number of para-hydroxylation sites is 1. The maximum Gasteiger partial charge on any atom is 0.311 e. The van der Waals surface area contributed by atoms with Crippen molar-refractivity contribution in [3.05, 3.63) is 18.2 Å². The third-order valence-electron chi connectivity index (χ3n) is 1.76. The molecule has 0 aliphatic rings. The zero-order valence-electron chi connectivity index (χ0n) is 8.32. The van der Waals surface area contributed by atoms with E-state index in [4.69, 9.17) is 10.5 Å². The van der Waals surface area contributed by atoms with Crippen molar-refractivity contribution < 1.29 is 14.3 Å². The van der Waals surface area contributed by atoms with Crippen molar-refractivity contribution in [2.24, 2.45) is 0 Å². The van der Waals surface area contributed by atoms with Crippen molar-refractivity contribution in [2.75, 3.05) is 11.1 Å². The first-order chi connectivity index (χ1) is 7.19. The largest absolute Gasteiger partial charge is 0.422 e. The van der Waals surface area contributed by atoms with Gasteiger partial charge >= 0.3 is 5.97 Å². The van der Waals surface area contributed by atoms with E-state index < -0.39 is 5.97 Å². The molecule has 0 heterocycles. The summed E-state index contributed by atoms with van der Waals surface area (Å²) < 4.78 is 4.99. The predicted molar refractivity (Wildman–Crippen MR) is 56.5 cm³/mol. The van der Waals surface area contributed by atoms with Crippen molar-refractivity contribution in [1.82, 2.24) is 0 Å². The molecule has 0 aromatic heterocycles. The molecule has 1 rings (SSSR count). The zero-order valence-corrected chi connectivity index (χ0v) is 8.32. The molecule has 0 fully saturated rings. The molecule has 0 saturated carbocycles. The summed E-state index contributed by atoms with van der Waals surface area (Å²) in [6.45, 7) is 1.67. The second-order valence-electron chi connectivity index (χ2n) is 2.81. The molecule has 5 nitrogen and oxygen atoms in total. The smallest absolute Gasteiger partial charge is 0.311 e. The summed E-state index contributed by atoms with van der Waals surface area (Å²) in [6.07, 6.45) is 0.743. The van der Waals surface area contributed by atoms with Crippen LogP contribution in [0.25, 0.3) is 0 Å². The van der Waals surface area contributed by atoms with Crippen LogP contribution in [0.4, 0.5) is 11.4 Å². The summed E-state index contributed by atoms with van der Waals surface area (Å²) in [5.41, 5.74) is 6.31. The fourth-order valence-corrected chi connectivity index (χ4v) is 1.03. The van der Waals surface area contributed by atoms with Gasteiger partial charge in [0.15, 0.2) is 5.75 Å². The molecule has 0 spiro atoms. The Morgan fingerprint density at radius 2 is 2.33 bits per heavy atom. The standard InChI is InChI=1S/C10H12N2O3/c1-2-9(14)15-10-7(11)4-3-5-8(10)12-6-13/h3-6H,2,11H2,1H3,(H,12,13). The Morgan fingerprint density at radius 3 is 2.93 bits per heavy atom. The average molecular weight is 208 g/mol. The van der Waals surface area contributed by atoms with E-state index in [9.17, 15) is 9.59 Å². The van der Waals surface area contributed by atoms with Crippen molar-refractivity contribution in [2.45, 2.75) is 13.3 Å². The number of benzene rings is 1. The van der Waals surface area contributed by atoms with Gasteiger partial charge in [0.2, 0.25) is 6.41 Å². The third-order valence-corrected chi connectivity index (χ3v) is 1.76. The number of amides is 1. The molecule has 0 aliphatic heterocycles. The van der Waals surface area contributed by atoms with Crippen molar-refractivity contribution in [3.8, 4) is 5.75 Å². The molecule has 5 heteroatoms. The van der Waals surface area contributed by atoms with Crippen LogP contribution in [-0.4, -0.2) is 12.4 Å². The molecular weight excluding hydrogens is 196 g/mol. The molecule has 3 N–H and O–H groups in total. The van der Waals surface area contributed by atoms with Crippen molar-refractivity contribution in [1.29, 1.82) is 0 Å². The first-order valence-corrected chi connectivity index (χ1v) is 4.48. The van der Waals surface area contributed by atoms with Crippen LogP contribution in [0.5, 0.6) is 5.75 Å². The quantitative estimate of drug-likeness (QED) is 0.336. The van der Waals surface area contributed by atoms with Crippen LogP contribution >= 0.6 is 0 Å². The summed E-state index contributed by atoms with van der Waals surface area (Å²) in [4.78, 5) is 21.4. The Hall–Kier alpha value is -2.04. The number of carbonyl (C=O) groups is 2. The van der Waals surface area contributed by atoms with Gasteiger partial charge in [0.25, 0.3) is 0 Å². The molecule has 15 heavy (non-hydrogen) atoms. The molecule has 0 unspecified atom stereocenters. The SMILES string of the molecule is CCC(=O)Oc1c(N)cccc1NC=O. The number of esters is 1. The predicted octanol–water partition coefficient (Wildman–Crippen LogP) is 1.15. The zero-order chi connectivity index (χ0) is 11.3. The minimum absolute atomic E-state index is 0.191. The number of nitrogen functional groups attached to an aromatic ring is 1. The van der Waals surface area contributed by atoms with Crippen LogP contribution in [0, 0.1) is 0 Å². The van der Waals surface area contributed by atoms with E-state index in [1.54, 1.807) is 25.1 Å². The second-order valence-corrected chi connectivity index (χ2v) is 2.81. The van der Waals surface area contributed by atoms with Gasteiger partial charge in [-0.05, 0) is 12.1 Å². The highest BCUT2D eigenvalue weighted by molar-refractivity contribution is 5.84. The van der Waals surface area contributed by atoms with Gasteiger partial charge < -0.3 is 15.8 Å². The van der Waals surface area contributed by atoms with Gasteiger partial charge in [-0.15, -0.1) is 0 Å². The second kappa shape index (κ2) is 4.99. The lowest BCUT2D eigenvalue weighted by atomic mass is 10.2. The number of nitrogens with two attached hydrogens (primary N) is 1. The monoisotopic (exact) mass is 208 g/mol. The normalized spacial score (nSPS) is 9.40. The highest BCUT2D eigenvalue weighted by atomic mass is 16.5. The third kappa shape index (κ3) is 2.70. The minimum atomic E-state index is -0.401. The molecule has 0 radical (unpaired) electrons. The highest BCUT2D eigenvalue weighted by Gasteiger charge is 2.10. The number of hydrogen-bond acceptors (Lipinski definition) is 4. The van der Waals surface area contributed by atoms with Gasteiger partial charge in [0, 0.05) is 6.42 Å². The van der Waals surface area contributed by atoms with Crippen LogP contribution in [-0.2, 0) is 9.59 Å². The average Bonchev–Trinajstić information content (AvgIpc) is 2.23. The Balaban J connectivity index is 3.01. The highest BCUT2D eigenvalue weighted by Crippen LogP contribution is 2.30. The molecule has 80 valence electrons. The fourth-order valence-electron chi connectivity index (χ4n) is 1.03. The number of carbonyl (C=O) groups excluding carboxylic acids is 2. The number of ether oxygens (including phenoxy) is 1. The Bertz CT molecular complexity index is 377. The minimum Gasteiger partial charge on any atom is -0.422 e. The van der Waals surface area contributed by atoms with Gasteiger partial charge in [-0.3, -0.25) is 9.59 Å².